The highest BCUT2D eigenvalue weighted by Gasteiger charge is 2.39. The Bertz CT molecular complexity index is 662. The van der Waals surface area contributed by atoms with Crippen molar-refractivity contribution in [3.05, 3.63) is 28.2 Å². The zero-order valence-electron chi connectivity index (χ0n) is 14.1. The summed E-state index contributed by atoms with van der Waals surface area (Å²) >= 11 is 3.37. The van der Waals surface area contributed by atoms with Crippen molar-refractivity contribution in [1.29, 1.82) is 0 Å². The monoisotopic (exact) mass is 395 g/mol. The number of carbonyl (C=O) groups excluding carboxylic acids is 3. The summed E-state index contributed by atoms with van der Waals surface area (Å²) in [5.41, 5.74) is 1.64. The zero-order chi connectivity index (χ0) is 17.9. The predicted octanol–water partition coefficient (Wildman–Crippen LogP) is 1.93. The highest BCUT2D eigenvalue weighted by atomic mass is 79.9. The van der Waals surface area contributed by atoms with Crippen LogP contribution in [-0.4, -0.2) is 42.8 Å². The van der Waals surface area contributed by atoms with Crippen LogP contribution in [0.5, 0.6) is 0 Å². The zero-order valence-corrected chi connectivity index (χ0v) is 15.6. The third-order valence-electron chi connectivity index (χ3n) is 4.13. The molecule has 1 fully saturated rings. The van der Waals surface area contributed by atoms with Gasteiger partial charge < -0.3 is 15.5 Å². The summed E-state index contributed by atoms with van der Waals surface area (Å²) in [6, 6.07) is 5.54. The first-order valence-electron chi connectivity index (χ1n) is 7.85. The number of likely N-dealkylation sites (N-methyl/N-ethyl adjacent to an activating group) is 1. The van der Waals surface area contributed by atoms with Gasteiger partial charge in [0.2, 0.25) is 17.7 Å². The molecule has 1 aromatic rings. The van der Waals surface area contributed by atoms with E-state index in [0.29, 0.717) is 11.6 Å². The molecular weight excluding hydrogens is 374 g/mol. The second-order valence-corrected chi connectivity index (χ2v) is 7.21. The number of carbonyl (C=O) groups is 3. The largest absolute Gasteiger partial charge is 0.347 e. The van der Waals surface area contributed by atoms with Gasteiger partial charge in [0.05, 0.1) is 13.1 Å². The van der Waals surface area contributed by atoms with Crippen molar-refractivity contribution in [2.75, 3.05) is 25.5 Å². The van der Waals surface area contributed by atoms with Gasteiger partial charge in [-0.15, -0.1) is 0 Å². The first-order chi connectivity index (χ1) is 11.3. The molecule has 0 heterocycles. The molecule has 2 atom stereocenters. The van der Waals surface area contributed by atoms with Gasteiger partial charge in [0.25, 0.3) is 0 Å². The van der Waals surface area contributed by atoms with Gasteiger partial charge in [0.1, 0.15) is 0 Å². The number of aryl methyl sites for hydroxylation is 1. The molecule has 1 aliphatic rings. The summed E-state index contributed by atoms with van der Waals surface area (Å²) in [6.07, 6.45) is 0.880. The lowest BCUT2D eigenvalue weighted by atomic mass is 10.2. The highest BCUT2D eigenvalue weighted by Crippen LogP contribution is 2.37. The number of benzene rings is 1. The summed E-state index contributed by atoms with van der Waals surface area (Å²) < 4.78 is 0.936. The lowest BCUT2D eigenvalue weighted by Crippen LogP contribution is -2.42. The van der Waals surface area contributed by atoms with E-state index in [9.17, 15) is 14.4 Å². The first-order valence-corrected chi connectivity index (χ1v) is 8.65. The molecule has 130 valence electrons. The van der Waals surface area contributed by atoms with E-state index in [1.165, 1.54) is 4.90 Å². The highest BCUT2D eigenvalue weighted by molar-refractivity contribution is 9.10. The van der Waals surface area contributed by atoms with Crippen LogP contribution in [0.25, 0.3) is 0 Å². The molecule has 1 aromatic carbocycles. The first kappa shape index (κ1) is 18.4. The van der Waals surface area contributed by atoms with Crippen molar-refractivity contribution < 1.29 is 14.4 Å². The van der Waals surface area contributed by atoms with Crippen LogP contribution in [0.4, 0.5) is 5.69 Å². The minimum atomic E-state index is -0.292. The minimum Gasteiger partial charge on any atom is -0.347 e. The van der Waals surface area contributed by atoms with Crippen LogP contribution >= 0.6 is 15.9 Å². The molecule has 2 rings (SSSR count). The number of anilines is 1. The quantitative estimate of drug-likeness (QED) is 0.772. The smallest absolute Gasteiger partial charge is 0.243 e. The molecule has 0 aromatic heterocycles. The second-order valence-electron chi connectivity index (χ2n) is 6.29. The van der Waals surface area contributed by atoms with Gasteiger partial charge in [0, 0.05) is 23.1 Å². The number of rotatable bonds is 6. The van der Waals surface area contributed by atoms with Crippen molar-refractivity contribution >= 4 is 39.3 Å². The molecule has 1 aliphatic carbocycles. The number of hydrogen-bond acceptors (Lipinski definition) is 3. The Labute approximate surface area is 150 Å². The van der Waals surface area contributed by atoms with Crippen LogP contribution < -0.4 is 10.6 Å². The third kappa shape index (κ3) is 5.06. The standard InChI is InChI=1S/C17H22BrN3O3/c1-10-7-13(10)17(24)19-8-16(23)21(3)9-15(22)20-14-5-4-12(18)6-11(14)2/h4-6,10,13H,7-9H2,1-3H3,(H,19,24)(H,20,22). The summed E-state index contributed by atoms with van der Waals surface area (Å²) in [7, 11) is 1.54. The maximum Gasteiger partial charge on any atom is 0.243 e. The summed E-state index contributed by atoms with van der Waals surface area (Å²) in [4.78, 5) is 37.1. The van der Waals surface area contributed by atoms with Crippen LogP contribution in [0.2, 0.25) is 0 Å². The fourth-order valence-corrected chi connectivity index (χ4v) is 2.85. The van der Waals surface area contributed by atoms with E-state index in [2.05, 4.69) is 26.6 Å². The van der Waals surface area contributed by atoms with Gasteiger partial charge >= 0.3 is 0 Å². The molecule has 2 unspecified atom stereocenters. The summed E-state index contributed by atoms with van der Waals surface area (Å²) in [6.45, 7) is 3.75. The summed E-state index contributed by atoms with van der Waals surface area (Å²) in [5.74, 6) is -0.221. The van der Waals surface area contributed by atoms with Gasteiger partial charge in [-0.3, -0.25) is 14.4 Å². The van der Waals surface area contributed by atoms with Crippen molar-refractivity contribution in [2.45, 2.75) is 20.3 Å². The molecule has 2 N–H and O–H groups in total. The molecular formula is C17H22BrN3O3. The topological polar surface area (TPSA) is 78.5 Å². The van der Waals surface area contributed by atoms with Gasteiger partial charge in [-0.05, 0) is 43.0 Å². The van der Waals surface area contributed by atoms with E-state index < -0.39 is 0 Å². The van der Waals surface area contributed by atoms with Crippen molar-refractivity contribution in [3.8, 4) is 0 Å². The SMILES string of the molecule is Cc1cc(Br)ccc1NC(=O)CN(C)C(=O)CNC(=O)C1CC1C. The molecule has 7 heteroatoms. The van der Waals surface area contributed by atoms with E-state index in [4.69, 9.17) is 0 Å². The molecule has 1 saturated carbocycles. The van der Waals surface area contributed by atoms with Crippen LogP contribution in [0.1, 0.15) is 18.9 Å². The Balaban J connectivity index is 1.77. The average Bonchev–Trinajstić information content (AvgIpc) is 3.24. The number of halogens is 1. The Morgan fingerprint density at radius 3 is 2.58 bits per heavy atom. The van der Waals surface area contributed by atoms with E-state index in [-0.39, 0.29) is 36.7 Å². The molecule has 0 aliphatic heterocycles. The molecule has 6 nitrogen and oxygen atoms in total. The van der Waals surface area contributed by atoms with Crippen LogP contribution in [0.15, 0.2) is 22.7 Å². The van der Waals surface area contributed by atoms with E-state index in [0.717, 1.165) is 16.5 Å². The molecule has 0 radical (unpaired) electrons. The molecule has 3 amide bonds. The lowest BCUT2D eigenvalue weighted by molar-refractivity contribution is -0.134. The predicted molar refractivity (Wildman–Crippen MR) is 95.4 cm³/mol. The molecule has 0 bridgehead atoms. The Hall–Kier alpha value is -1.89. The van der Waals surface area contributed by atoms with Crippen molar-refractivity contribution in [2.24, 2.45) is 11.8 Å². The number of hydrogen-bond donors (Lipinski definition) is 2. The Morgan fingerprint density at radius 1 is 1.33 bits per heavy atom. The molecule has 0 spiro atoms. The van der Waals surface area contributed by atoms with E-state index in [1.54, 1.807) is 13.1 Å². The van der Waals surface area contributed by atoms with Gasteiger partial charge in [-0.1, -0.05) is 22.9 Å². The summed E-state index contributed by atoms with van der Waals surface area (Å²) in [5, 5.41) is 5.41. The van der Waals surface area contributed by atoms with Crippen molar-refractivity contribution in [1.82, 2.24) is 10.2 Å². The third-order valence-corrected chi connectivity index (χ3v) is 4.62. The number of nitrogens with one attached hydrogen (secondary N) is 2. The van der Waals surface area contributed by atoms with Gasteiger partial charge in [0.15, 0.2) is 0 Å². The van der Waals surface area contributed by atoms with Gasteiger partial charge in [-0.25, -0.2) is 0 Å². The normalized spacial score (nSPS) is 18.7. The Morgan fingerprint density at radius 2 is 2.00 bits per heavy atom. The fourth-order valence-electron chi connectivity index (χ4n) is 2.38. The average molecular weight is 396 g/mol. The van der Waals surface area contributed by atoms with E-state index >= 15 is 0 Å². The van der Waals surface area contributed by atoms with E-state index in [1.807, 2.05) is 26.0 Å². The Kier molecular flexibility index (Phi) is 5.99. The van der Waals surface area contributed by atoms with Gasteiger partial charge in [-0.2, -0.15) is 0 Å². The molecule has 0 saturated heterocycles. The van der Waals surface area contributed by atoms with Crippen LogP contribution in [0.3, 0.4) is 0 Å². The fraction of sp³-hybridized carbons (Fsp3) is 0.471. The van der Waals surface area contributed by atoms with Crippen LogP contribution in [0, 0.1) is 18.8 Å². The second kappa shape index (κ2) is 7.79. The number of amides is 3. The van der Waals surface area contributed by atoms with Crippen LogP contribution in [-0.2, 0) is 14.4 Å². The maximum absolute atomic E-state index is 12.1. The minimum absolute atomic E-state index is 0.0341. The number of nitrogens with zero attached hydrogens (tertiary/aromatic N) is 1. The molecule has 24 heavy (non-hydrogen) atoms. The van der Waals surface area contributed by atoms with Crippen molar-refractivity contribution in [3.63, 3.8) is 0 Å². The lowest BCUT2D eigenvalue weighted by Gasteiger charge is -2.17. The maximum atomic E-state index is 12.1.